The third-order valence-electron chi connectivity index (χ3n) is 5.78. The van der Waals surface area contributed by atoms with Gasteiger partial charge >= 0.3 is 0 Å². The first kappa shape index (κ1) is 22.5. The van der Waals surface area contributed by atoms with Crippen molar-refractivity contribution in [3.8, 4) is 0 Å². The molecule has 1 saturated heterocycles. The molecular formula is C23H27ClFN5O2. The smallest absolute Gasteiger partial charge is 0.269 e. The molecule has 1 aromatic carbocycles. The van der Waals surface area contributed by atoms with Crippen molar-refractivity contribution in [2.75, 3.05) is 45.2 Å². The molecule has 32 heavy (non-hydrogen) atoms. The lowest BCUT2D eigenvalue weighted by molar-refractivity contribution is -0.153. The van der Waals surface area contributed by atoms with Crippen LogP contribution in [-0.4, -0.2) is 72.3 Å². The van der Waals surface area contributed by atoms with Crippen LogP contribution in [0.15, 0.2) is 41.7 Å². The maximum atomic E-state index is 14.4. The van der Waals surface area contributed by atoms with Gasteiger partial charge in [-0.2, -0.15) is 0 Å². The number of anilines is 1. The zero-order chi connectivity index (χ0) is 22.9. The van der Waals surface area contributed by atoms with E-state index >= 15 is 0 Å². The summed E-state index contributed by atoms with van der Waals surface area (Å²) in [5, 5.41) is 4.03. The van der Waals surface area contributed by atoms with E-state index in [0.29, 0.717) is 31.9 Å². The minimum Gasteiger partial charge on any atom is -0.379 e. The molecule has 0 saturated carbocycles. The van der Waals surface area contributed by atoms with Gasteiger partial charge in [0.05, 0.1) is 10.7 Å². The number of benzene rings is 1. The molecule has 7 nitrogen and oxygen atoms in total. The summed E-state index contributed by atoms with van der Waals surface area (Å²) in [6.45, 7) is 5.01. The first-order valence-corrected chi connectivity index (χ1v) is 11.0. The number of pyridine rings is 1. The standard InChI is InChI=1S/C23H27ClFN5O2/c1-23(13-19(27-32-23)17-5-4-6-18(24)21(17)25)22(31)30-11-9-29(10-12-30)20-8-7-16(14-26-20)15-28(2)3/h4-8,14H,9-13,15H2,1-3H3. The van der Waals surface area contributed by atoms with Crippen LogP contribution in [0.2, 0.25) is 5.02 Å². The van der Waals surface area contributed by atoms with Crippen molar-refractivity contribution < 1.29 is 14.0 Å². The fraction of sp³-hybridized carbons (Fsp3) is 0.435. The highest BCUT2D eigenvalue weighted by atomic mass is 35.5. The van der Waals surface area contributed by atoms with E-state index in [9.17, 15) is 9.18 Å². The minimum absolute atomic E-state index is 0.0182. The van der Waals surface area contributed by atoms with Gasteiger partial charge in [0.1, 0.15) is 5.82 Å². The molecule has 1 fully saturated rings. The molecule has 1 aromatic heterocycles. The molecule has 9 heteroatoms. The van der Waals surface area contributed by atoms with Gasteiger partial charge in [0.25, 0.3) is 5.91 Å². The summed E-state index contributed by atoms with van der Waals surface area (Å²) in [7, 11) is 4.05. The van der Waals surface area contributed by atoms with Crippen LogP contribution in [0, 0.1) is 5.82 Å². The average Bonchev–Trinajstić information content (AvgIpc) is 3.18. The van der Waals surface area contributed by atoms with Crippen LogP contribution in [0.1, 0.15) is 24.5 Å². The Hall–Kier alpha value is -2.71. The Balaban J connectivity index is 1.36. The maximum absolute atomic E-state index is 14.4. The Morgan fingerprint density at radius 1 is 1.22 bits per heavy atom. The predicted molar refractivity (Wildman–Crippen MR) is 122 cm³/mol. The van der Waals surface area contributed by atoms with E-state index in [2.05, 4.69) is 26.0 Å². The molecule has 1 amide bonds. The van der Waals surface area contributed by atoms with Gasteiger partial charge in [-0.05, 0) is 44.8 Å². The molecule has 2 aromatic rings. The van der Waals surface area contributed by atoms with Crippen LogP contribution in [0.25, 0.3) is 0 Å². The Morgan fingerprint density at radius 2 is 1.97 bits per heavy atom. The first-order valence-electron chi connectivity index (χ1n) is 10.6. The van der Waals surface area contributed by atoms with Gasteiger partial charge in [-0.1, -0.05) is 28.9 Å². The van der Waals surface area contributed by atoms with Crippen LogP contribution >= 0.6 is 11.6 Å². The number of oxime groups is 1. The average molecular weight is 460 g/mol. The van der Waals surface area contributed by atoms with Crippen LogP contribution in [-0.2, 0) is 16.2 Å². The number of nitrogens with zero attached hydrogens (tertiary/aromatic N) is 5. The summed E-state index contributed by atoms with van der Waals surface area (Å²) in [4.78, 5) is 29.4. The number of rotatable bonds is 5. The molecule has 2 aliphatic rings. The van der Waals surface area contributed by atoms with Gasteiger partial charge in [-0.15, -0.1) is 0 Å². The van der Waals surface area contributed by atoms with Gasteiger partial charge < -0.3 is 19.5 Å². The lowest BCUT2D eigenvalue weighted by Crippen LogP contribution is -2.55. The van der Waals surface area contributed by atoms with Crippen LogP contribution in [0.4, 0.5) is 10.2 Å². The number of carbonyl (C=O) groups excluding carboxylic acids is 1. The third kappa shape index (κ3) is 4.56. The highest BCUT2D eigenvalue weighted by Gasteiger charge is 2.45. The quantitative estimate of drug-likeness (QED) is 0.687. The van der Waals surface area contributed by atoms with E-state index in [4.69, 9.17) is 16.4 Å². The summed E-state index contributed by atoms with van der Waals surface area (Å²) in [6.07, 6.45) is 2.09. The molecule has 0 radical (unpaired) electrons. The highest BCUT2D eigenvalue weighted by molar-refractivity contribution is 6.31. The van der Waals surface area contributed by atoms with Crippen LogP contribution in [0.3, 0.4) is 0 Å². The number of aromatic nitrogens is 1. The number of halogens is 2. The lowest BCUT2D eigenvalue weighted by atomic mass is 9.94. The van der Waals surface area contributed by atoms with E-state index < -0.39 is 11.4 Å². The number of carbonyl (C=O) groups is 1. The first-order chi connectivity index (χ1) is 15.3. The molecule has 0 bridgehead atoms. The molecule has 0 spiro atoms. The van der Waals surface area contributed by atoms with Crippen LogP contribution in [0.5, 0.6) is 0 Å². The lowest BCUT2D eigenvalue weighted by Gasteiger charge is -2.38. The summed E-state index contributed by atoms with van der Waals surface area (Å²) in [5.74, 6) is 0.212. The summed E-state index contributed by atoms with van der Waals surface area (Å²) >= 11 is 5.88. The molecule has 0 aliphatic carbocycles. The Morgan fingerprint density at radius 3 is 2.62 bits per heavy atom. The zero-order valence-electron chi connectivity index (χ0n) is 18.5. The number of piperazine rings is 1. The van der Waals surface area contributed by atoms with Crippen molar-refractivity contribution in [3.63, 3.8) is 0 Å². The van der Waals surface area contributed by atoms with E-state index in [1.54, 1.807) is 24.0 Å². The molecule has 3 heterocycles. The van der Waals surface area contributed by atoms with Gasteiger partial charge in [0.2, 0.25) is 5.60 Å². The van der Waals surface area contributed by atoms with Crippen molar-refractivity contribution in [1.82, 2.24) is 14.8 Å². The SMILES string of the molecule is CN(C)Cc1ccc(N2CCN(C(=O)C3(C)CC(c4cccc(Cl)c4F)=NO3)CC2)nc1. The van der Waals surface area contributed by atoms with Crippen LogP contribution < -0.4 is 4.90 Å². The van der Waals surface area contributed by atoms with Gasteiger partial charge in [0.15, 0.2) is 5.82 Å². The summed E-state index contributed by atoms with van der Waals surface area (Å²) in [6, 6.07) is 8.83. The second-order valence-electron chi connectivity index (χ2n) is 8.68. The monoisotopic (exact) mass is 459 g/mol. The topological polar surface area (TPSA) is 61.3 Å². The normalized spacial score (nSPS) is 21.0. The molecule has 170 valence electrons. The second kappa shape index (κ2) is 9.03. The molecule has 1 atom stereocenters. The Kier molecular flexibility index (Phi) is 6.35. The Bertz CT molecular complexity index is 1020. The fourth-order valence-corrected chi connectivity index (χ4v) is 4.24. The van der Waals surface area contributed by atoms with Crippen molar-refractivity contribution in [2.45, 2.75) is 25.5 Å². The number of amides is 1. The largest absolute Gasteiger partial charge is 0.379 e. The number of hydrogen-bond acceptors (Lipinski definition) is 6. The summed E-state index contributed by atoms with van der Waals surface area (Å²) < 4.78 is 14.4. The van der Waals surface area contributed by atoms with Crippen molar-refractivity contribution in [2.24, 2.45) is 5.16 Å². The molecule has 1 unspecified atom stereocenters. The van der Waals surface area contributed by atoms with E-state index in [1.165, 1.54) is 6.07 Å². The molecular weight excluding hydrogens is 433 g/mol. The van der Waals surface area contributed by atoms with Crippen molar-refractivity contribution in [1.29, 1.82) is 0 Å². The summed E-state index contributed by atoms with van der Waals surface area (Å²) in [5.41, 5.74) is 0.660. The molecule has 2 aliphatic heterocycles. The van der Waals surface area contributed by atoms with E-state index in [-0.39, 0.29) is 22.9 Å². The number of hydrogen-bond donors (Lipinski definition) is 0. The molecule has 4 rings (SSSR count). The van der Waals surface area contributed by atoms with Gasteiger partial charge in [-0.25, -0.2) is 9.37 Å². The third-order valence-corrected chi connectivity index (χ3v) is 6.07. The maximum Gasteiger partial charge on any atom is 0.269 e. The molecule has 0 N–H and O–H groups in total. The minimum atomic E-state index is -1.15. The van der Waals surface area contributed by atoms with E-state index in [1.807, 2.05) is 26.4 Å². The van der Waals surface area contributed by atoms with Crippen molar-refractivity contribution in [3.05, 3.63) is 58.5 Å². The van der Waals surface area contributed by atoms with Gasteiger partial charge in [-0.3, -0.25) is 4.79 Å². The Labute approximate surface area is 192 Å². The predicted octanol–water partition coefficient (Wildman–Crippen LogP) is 3.17. The fourth-order valence-electron chi connectivity index (χ4n) is 4.06. The van der Waals surface area contributed by atoms with Crippen molar-refractivity contribution >= 4 is 29.0 Å². The van der Waals surface area contributed by atoms with Gasteiger partial charge in [0, 0.05) is 50.9 Å². The highest BCUT2D eigenvalue weighted by Crippen LogP contribution is 2.31. The zero-order valence-corrected chi connectivity index (χ0v) is 19.3. The second-order valence-corrected chi connectivity index (χ2v) is 9.09. The van der Waals surface area contributed by atoms with E-state index in [0.717, 1.165) is 17.9 Å².